The molecule has 2 unspecified atom stereocenters. The molecule has 5 aliphatic rings. The van der Waals surface area contributed by atoms with E-state index < -0.39 is 40.8 Å². The molecule has 3 aliphatic carbocycles. The predicted molar refractivity (Wildman–Crippen MR) is 114 cm³/mol. The Balaban J connectivity index is 1.76. The zero-order valence-corrected chi connectivity index (χ0v) is 18.1. The zero-order valence-electron chi connectivity index (χ0n) is 18.1. The molecule has 0 saturated carbocycles. The van der Waals surface area contributed by atoms with Crippen LogP contribution in [-0.4, -0.2) is 61.5 Å². The van der Waals surface area contributed by atoms with Gasteiger partial charge < -0.3 is 18.9 Å². The summed E-state index contributed by atoms with van der Waals surface area (Å²) in [5, 5.41) is 0. The second kappa shape index (κ2) is 7.41. The molecule has 4 bridgehead atoms. The summed E-state index contributed by atoms with van der Waals surface area (Å²) in [5.41, 5.74) is -0.964. The number of fused-ring (bicyclic) bond motifs is 1. The Labute approximate surface area is 190 Å². The van der Waals surface area contributed by atoms with Gasteiger partial charge in [0.25, 0.3) is 5.78 Å². The fourth-order valence-corrected chi connectivity index (χ4v) is 5.25. The van der Waals surface area contributed by atoms with Crippen LogP contribution in [-0.2, 0) is 33.3 Å². The van der Waals surface area contributed by atoms with Crippen molar-refractivity contribution in [2.45, 2.75) is 24.2 Å². The van der Waals surface area contributed by atoms with Gasteiger partial charge in [-0.05, 0) is 30.4 Å². The smallest absolute Gasteiger partial charge is 0.381 e. The Morgan fingerprint density at radius 3 is 2.67 bits per heavy atom. The lowest BCUT2D eigenvalue weighted by Gasteiger charge is -2.41. The van der Waals surface area contributed by atoms with Crippen molar-refractivity contribution in [2.75, 3.05) is 21.0 Å². The number of allylic oxidation sites excluding steroid dienone is 5. The summed E-state index contributed by atoms with van der Waals surface area (Å²) in [6.45, 7) is 1.40. The third-order valence-electron chi connectivity index (χ3n) is 6.58. The van der Waals surface area contributed by atoms with Crippen molar-refractivity contribution in [1.82, 2.24) is 0 Å². The molecule has 5 rings (SSSR count). The Morgan fingerprint density at radius 2 is 1.94 bits per heavy atom. The lowest BCUT2D eigenvalue weighted by Crippen LogP contribution is -2.55. The van der Waals surface area contributed by atoms with Crippen molar-refractivity contribution in [3.63, 3.8) is 0 Å². The molecule has 166 valence electrons. The molecule has 8 heteroatoms. The van der Waals surface area contributed by atoms with Gasteiger partial charge >= 0.3 is 5.97 Å². The molecule has 0 aromatic carbocycles. The summed E-state index contributed by atoms with van der Waals surface area (Å²) in [7, 11) is 2.76. The average molecular weight is 445 g/mol. The first-order valence-electron chi connectivity index (χ1n) is 10.3. The molecule has 0 spiro atoms. The van der Waals surface area contributed by atoms with E-state index in [1.807, 2.05) is 0 Å². The van der Waals surface area contributed by atoms with E-state index in [2.05, 4.69) is 23.7 Å². The van der Waals surface area contributed by atoms with E-state index in [-0.39, 0.29) is 23.9 Å². The fourth-order valence-electron chi connectivity index (χ4n) is 5.25. The topological polar surface area (TPSA) is 104 Å². The third kappa shape index (κ3) is 2.69. The maximum atomic E-state index is 13.2. The Hall–Kier alpha value is -3.72. The molecule has 0 radical (unpaired) electrons. The Morgan fingerprint density at radius 1 is 1.18 bits per heavy atom. The average Bonchev–Trinajstić information content (AvgIpc) is 3.54. The van der Waals surface area contributed by atoms with Crippen LogP contribution in [0.15, 0.2) is 52.3 Å². The van der Waals surface area contributed by atoms with Crippen molar-refractivity contribution in [2.24, 2.45) is 16.8 Å². The first kappa shape index (κ1) is 21.1. The number of ketones is 2. The highest BCUT2D eigenvalue weighted by molar-refractivity contribution is 6.41. The molecule has 8 nitrogen and oxygen atoms in total. The minimum absolute atomic E-state index is 0.0966. The van der Waals surface area contributed by atoms with Crippen LogP contribution in [0.5, 0.6) is 0 Å². The molecule has 1 saturated heterocycles. The van der Waals surface area contributed by atoms with E-state index in [9.17, 15) is 14.4 Å². The molecule has 0 amide bonds. The maximum Gasteiger partial charge on any atom is 0.381 e. The van der Waals surface area contributed by atoms with Crippen molar-refractivity contribution >= 4 is 23.2 Å². The number of esters is 1. The number of carbonyl (C=O) groups is 3. The van der Waals surface area contributed by atoms with Crippen LogP contribution < -0.4 is 0 Å². The number of epoxide rings is 1. The van der Waals surface area contributed by atoms with E-state index in [0.29, 0.717) is 11.3 Å². The fraction of sp³-hybridized carbons (Fsp3) is 0.360. The number of hydrogen-bond donors (Lipinski definition) is 0. The monoisotopic (exact) mass is 445 g/mol. The number of nitrogens with zero attached hydrogens (tertiary/aromatic N) is 1. The highest BCUT2D eigenvalue weighted by Gasteiger charge is 2.85. The van der Waals surface area contributed by atoms with Gasteiger partial charge in [0.05, 0.1) is 18.4 Å². The summed E-state index contributed by atoms with van der Waals surface area (Å²) in [5.74, 6) is 8.70. The summed E-state index contributed by atoms with van der Waals surface area (Å²) in [6, 6.07) is -0.666. The number of methoxy groups -OCH3 is 2. The standard InChI is InChI=1S/C25H19NO7/c1-14-20(21(28)23(29)32-13-30-2)22(31-3)16-8-6-4-5-7-9-19-24(14)25(16,33-24)17-12-15(27)10-11-18(17)26-19/h4-5,10-12,14,16,19H,13H2,1-3H3/b5-4-/t14-,16?,19?,24-,25+/m0/s1. The normalized spacial score (nSPS) is 35.2. The Kier molecular flexibility index (Phi) is 4.75. The molecular formula is C25H19NO7. The number of aliphatic imine (C=N–C) groups is 1. The number of carbonyl (C=O) groups excluding carboxylic acids is 3. The first-order chi connectivity index (χ1) is 15.9. The lowest BCUT2D eigenvalue weighted by atomic mass is 9.59. The molecule has 0 aromatic heterocycles. The third-order valence-corrected chi connectivity index (χ3v) is 6.58. The molecule has 0 aromatic rings. The summed E-state index contributed by atoms with van der Waals surface area (Å²) in [4.78, 5) is 42.8. The van der Waals surface area contributed by atoms with Crippen LogP contribution >= 0.6 is 0 Å². The largest absolute Gasteiger partial charge is 0.499 e. The van der Waals surface area contributed by atoms with Gasteiger partial charge in [0.15, 0.2) is 12.6 Å². The van der Waals surface area contributed by atoms with Crippen molar-refractivity contribution in [3.05, 3.63) is 47.3 Å². The quantitative estimate of drug-likeness (QED) is 0.154. The molecular weight excluding hydrogens is 426 g/mol. The van der Waals surface area contributed by atoms with Gasteiger partial charge in [-0.15, -0.1) is 0 Å². The SMILES string of the molecule is COCOC(=O)C(=O)C1=C(OC)C2C#C/C=C\C#CC3N=C4C=CC(=O)C=C4[C@]24O[C@@]34[C@H]1C. The van der Waals surface area contributed by atoms with Crippen molar-refractivity contribution < 1.29 is 33.3 Å². The van der Waals surface area contributed by atoms with Crippen molar-refractivity contribution in [1.29, 1.82) is 0 Å². The summed E-state index contributed by atoms with van der Waals surface area (Å²) < 4.78 is 21.9. The van der Waals surface area contributed by atoms with Gasteiger partial charge in [-0.25, -0.2) is 4.79 Å². The highest BCUT2D eigenvalue weighted by atomic mass is 16.7. The van der Waals surface area contributed by atoms with Crippen LogP contribution in [0.4, 0.5) is 0 Å². The number of Topliss-reactive ketones (excluding diaryl/α,β-unsaturated/α-hetero) is 1. The summed E-state index contributed by atoms with van der Waals surface area (Å²) >= 11 is 0. The van der Waals surface area contributed by atoms with Crippen LogP contribution in [0.3, 0.4) is 0 Å². The molecule has 1 fully saturated rings. The zero-order chi connectivity index (χ0) is 23.4. The van der Waals surface area contributed by atoms with Gasteiger partial charge in [-0.2, -0.15) is 0 Å². The second-order valence-corrected chi connectivity index (χ2v) is 8.06. The maximum absolute atomic E-state index is 13.2. The van der Waals surface area contributed by atoms with E-state index in [4.69, 9.17) is 23.9 Å². The van der Waals surface area contributed by atoms with Crippen LogP contribution in [0.25, 0.3) is 0 Å². The predicted octanol–water partition coefficient (Wildman–Crippen LogP) is 0.842. The van der Waals surface area contributed by atoms with Crippen LogP contribution in [0.1, 0.15) is 6.92 Å². The molecule has 33 heavy (non-hydrogen) atoms. The minimum atomic E-state index is -1.11. The number of hydrogen-bond acceptors (Lipinski definition) is 8. The second-order valence-electron chi connectivity index (χ2n) is 8.06. The number of rotatable bonds is 5. The first-order valence-corrected chi connectivity index (χ1v) is 10.3. The van der Waals surface area contributed by atoms with Crippen LogP contribution in [0, 0.1) is 35.5 Å². The van der Waals surface area contributed by atoms with Gasteiger partial charge in [0.1, 0.15) is 28.9 Å². The molecule has 0 N–H and O–H groups in total. The van der Waals surface area contributed by atoms with E-state index >= 15 is 0 Å². The van der Waals surface area contributed by atoms with Gasteiger partial charge in [0, 0.05) is 18.6 Å². The van der Waals surface area contributed by atoms with Gasteiger partial charge in [0.2, 0.25) is 0 Å². The van der Waals surface area contributed by atoms with Crippen LogP contribution in [0.2, 0.25) is 0 Å². The van der Waals surface area contributed by atoms with E-state index in [1.165, 1.54) is 26.4 Å². The van der Waals surface area contributed by atoms with E-state index in [1.54, 1.807) is 25.2 Å². The molecule has 5 atom stereocenters. The highest BCUT2D eigenvalue weighted by Crippen LogP contribution is 2.70. The number of ether oxygens (including phenoxy) is 4. The Bertz CT molecular complexity index is 1270. The van der Waals surface area contributed by atoms with Gasteiger partial charge in [-0.1, -0.05) is 30.6 Å². The molecule has 2 aliphatic heterocycles. The minimum Gasteiger partial charge on any atom is -0.499 e. The van der Waals surface area contributed by atoms with E-state index in [0.717, 1.165) is 0 Å². The lowest BCUT2D eigenvalue weighted by molar-refractivity contribution is -0.160. The van der Waals surface area contributed by atoms with Crippen molar-refractivity contribution in [3.8, 4) is 23.7 Å². The summed E-state index contributed by atoms with van der Waals surface area (Å²) in [6.07, 6.45) is 7.77. The van der Waals surface area contributed by atoms with Gasteiger partial charge in [-0.3, -0.25) is 14.6 Å². The molecule has 2 heterocycles.